The second kappa shape index (κ2) is 11.3. The third-order valence-electron chi connectivity index (χ3n) is 8.54. The Bertz CT molecular complexity index is 1020. The Balaban J connectivity index is 1.33. The number of benzene rings is 1. The van der Waals surface area contributed by atoms with Gasteiger partial charge in [-0.05, 0) is 75.6 Å². The number of piperidine rings is 2. The lowest BCUT2D eigenvalue weighted by Gasteiger charge is -2.36. The van der Waals surface area contributed by atoms with Gasteiger partial charge in [0.25, 0.3) is 0 Å². The van der Waals surface area contributed by atoms with Crippen LogP contribution < -0.4 is 20.4 Å². The van der Waals surface area contributed by atoms with Crippen LogP contribution in [0.3, 0.4) is 0 Å². The van der Waals surface area contributed by atoms with Crippen molar-refractivity contribution in [2.24, 2.45) is 5.92 Å². The minimum absolute atomic E-state index is 0.147. The van der Waals surface area contributed by atoms with Gasteiger partial charge in [0.1, 0.15) is 11.6 Å². The molecule has 3 aliphatic rings. The third kappa shape index (κ3) is 5.77. The van der Waals surface area contributed by atoms with Crippen molar-refractivity contribution in [3.8, 4) is 0 Å². The van der Waals surface area contributed by atoms with Crippen LogP contribution >= 0.6 is 12.2 Å². The van der Waals surface area contributed by atoms with E-state index < -0.39 is 0 Å². The zero-order valence-electron chi connectivity index (χ0n) is 22.0. The summed E-state index contributed by atoms with van der Waals surface area (Å²) in [5, 5.41) is 7.51. The first-order valence-corrected chi connectivity index (χ1v) is 14.4. The number of hydrogen-bond donors (Lipinski definition) is 2. The zero-order valence-corrected chi connectivity index (χ0v) is 22.8. The van der Waals surface area contributed by atoms with Gasteiger partial charge in [-0.25, -0.2) is 0 Å². The molecule has 36 heavy (non-hydrogen) atoms. The van der Waals surface area contributed by atoms with Gasteiger partial charge >= 0.3 is 0 Å². The smallest absolute Gasteiger partial charge is 0.232 e. The molecular weight excluding hydrogens is 464 g/mol. The fraction of sp³-hybridized carbons (Fsp3) is 0.621. The maximum absolute atomic E-state index is 5.78. The topological polar surface area (TPSA) is 56.3 Å². The van der Waals surface area contributed by atoms with Crippen molar-refractivity contribution in [3.63, 3.8) is 0 Å². The van der Waals surface area contributed by atoms with Crippen molar-refractivity contribution in [2.45, 2.75) is 83.1 Å². The van der Waals surface area contributed by atoms with Crippen LogP contribution in [0.5, 0.6) is 0 Å². The first-order valence-electron chi connectivity index (χ1n) is 14.0. The van der Waals surface area contributed by atoms with Crippen LogP contribution in [-0.2, 0) is 5.41 Å². The molecule has 7 heteroatoms. The highest BCUT2D eigenvalue weighted by Gasteiger charge is 2.35. The minimum atomic E-state index is 0.147. The number of thiocarbonyl (C=S) groups is 1. The summed E-state index contributed by atoms with van der Waals surface area (Å²) in [4.78, 5) is 14.8. The van der Waals surface area contributed by atoms with E-state index in [1.165, 1.54) is 63.4 Å². The quantitative estimate of drug-likeness (QED) is 0.474. The van der Waals surface area contributed by atoms with Crippen LogP contribution in [0.1, 0.15) is 77.2 Å². The van der Waals surface area contributed by atoms with Gasteiger partial charge in [0.2, 0.25) is 5.95 Å². The normalized spacial score (nSPS) is 23.9. The van der Waals surface area contributed by atoms with Gasteiger partial charge < -0.3 is 20.4 Å². The molecule has 194 valence electrons. The standard InChI is InChI=1S/C29H42N6S/c1-22-11-10-17-34(20-22)25-19-26(35-18-9-6-12-23(35)2)32-27(31-25)33-28(36)30-21-29(15-7-8-16-29)24-13-4-3-5-14-24/h3-5,13-14,19,22-23H,6-12,15-18,20-21H2,1-2H3,(H2,30,31,32,33,36)/t22-,23-/m0/s1. The maximum atomic E-state index is 5.78. The number of nitrogens with one attached hydrogen (secondary N) is 2. The number of nitrogens with zero attached hydrogens (tertiary/aromatic N) is 4. The van der Waals surface area contributed by atoms with Gasteiger partial charge in [-0.1, -0.05) is 50.1 Å². The van der Waals surface area contributed by atoms with E-state index in [1.807, 2.05) is 0 Å². The van der Waals surface area contributed by atoms with Crippen LogP contribution in [-0.4, -0.2) is 47.3 Å². The molecule has 2 aromatic rings. The first-order chi connectivity index (χ1) is 17.5. The average Bonchev–Trinajstić information content (AvgIpc) is 3.38. The first kappa shape index (κ1) is 25.2. The molecule has 0 unspecified atom stereocenters. The summed E-state index contributed by atoms with van der Waals surface area (Å²) in [6.07, 6.45) is 11.2. The summed E-state index contributed by atoms with van der Waals surface area (Å²) in [5.41, 5.74) is 1.56. The second-order valence-corrected chi connectivity index (χ2v) is 11.7. The molecule has 0 amide bonds. The molecule has 1 aliphatic carbocycles. The van der Waals surface area contributed by atoms with E-state index >= 15 is 0 Å². The summed E-state index contributed by atoms with van der Waals surface area (Å²) in [5.74, 6) is 3.33. The predicted molar refractivity (Wildman–Crippen MR) is 154 cm³/mol. The fourth-order valence-corrected chi connectivity index (χ4v) is 6.59. The van der Waals surface area contributed by atoms with E-state index in [2.05, 4.69) is 70.7 Å². The Morgan fingerprint density at radius 2 is 1.75 bits per heavy atom. The van der Waals surface area contributed by atoms with Crippen LogP contribution in [0.25, 0.3) is 0 Å². The lowest BCUT2D eigenvalue weighted by atomic mass is 9.79. The Kier molecular flexibility index (Phi) is 7.94. The molecule has 1 aromatic carbocycles. The predicted octanol–water partition coefficient (Wildman–Crippen LogP) is 5.89. The number of anilines is 3. The van der Waals surface area contributed by atoms with E-state index in [-0.39, 0.29) is 5.41 Å². The number of aromatic nitrogens is 2. The molecule has 2 aliphatic heterocycles. The molecule has 0 bridgehead atoms. The van der Waals surface area contributed by atoms with Gasteiger partial charge in [-0.3, -0.25) is 0 Å². The summed E-state index contributed by atoms with van der Waals surface area (Å²) in [6, 6.07) is 13.6. The van der Waals surface area contributed by atoms with Gasteiger partial charge in [-0.15, -0.1) is 0 Å². The SMILES string of the molecule is C[C@H]1CCCN(c2cc(N3CCCC[C@@H]3C)nc(NC(=S)NCC3(c4ccccc4)CCCC3)n2)C1. The van der Waals surface area contributed by atoms with E-state index in [4.69, 9.17) is 22.2 Å². The number of hydrogen-bond acceptors (Lipinski definition) is 5. The molecule has 2 N–H and O–H groups in total. The molecule has 0 radical (unpaired) electrons. The van der Waals surface area contributed by atoms with Gasteiger partial charge in [0.15, 0.2) is 5.11 Å². The molecule has 3 heterocycles. The molecular formula is C29H42N6S. The fourth-order valence-electron chi connectivity index (χ4n) is 6.43. The highest BCUT2D eigenvalue weighted by Crippen LogP contribution is 2.40. The Hall–Kier alpha value is -2.41. The second-order valence-electron chi connectivity index (χ2n) is 11.3. The van der Waals surface area contributed by atoms with Crippen molar-refractivity contribution in [3.05, 3.63) is 42.0 Å². The van der Waals surface area contributed by atoms with E-state index in [1.54, 1.807) is 0 Å². The molecule has 5 rings (SSSR count). The van der Waals surface area contributed by atoms with Crippen molar-refractivity contribution in [1.82, 2.24) is 15.3 Å². The van der Waals surface area contributed by atoms with Crippen LogP contribution in [0.2, 0.25) is 0 Å². The maximum Gasteiger partial charge on any atom is 0.232 e. The molecule has 2 saturated heterocycles. The van der Waals surface area contributed by atoms with E-state index in [0.717, 1.165) is 37.8 Å². The summed E-state index contributed by atoms with van der Waals surface area (Å²) >= 11 is 5.78. The van der Waals surface area contributed by atoms with Crippen molar-refractivity contribution in [1.29, 1.82) is 0 Å². The van der Waals surface area contributed by atoms with Crippen LogP contribution in [0.4, 0.5) is 17.6 Å². The van der Waals surface area contributed by atoms with E-state index in [0.29, 0.717) is 23.0 Å². The van der Waals surface area contributed by atoms with Crippen molar-refractivity contribution < 1.29 is 0 Å². The van der Waals surface area contributed by atoms with Gasteiger partial charge in [0.05, 0.1) is 0 Å². The molecule has 2 atom stereocenters. The zero-order chi connectivity index (χ0) is 25.0. The highest BCUT2D eigenvalue weighted by molar-refractivity contribution is 7.80. The van der Waals surface area contributed by atoms with Gasteiger partial charge in [0, 0.05) is 43.7 Å². The summed E-state index contributed by atoms with van der Waals surface area (Å²) in [7, 11) is 0. The lowest BCUT2D eigenvalue weighted by molar-refractivity contribution is 0.435. The Labute approximate surface area is 222 Å². The lowest BCUT2D eigenvalue weighted by Crippen LogP contribution is -2.41. The van der Waals surface area contributed by atoms with Crippen LogP contribution in [0.15, 0.2) is 36.4 Å². The summed E-state index contributed by atoms with van der Waals surface area (Å²) in [6.45, 7) is 8.64. The minimum Gasteiger partial charge on any atom is -0.361 e. The number of rotatable bonds is 6. The third-order valence-corrected chi connectivity index (χ3v) is 8.78. The molecule has 1 aromatic heterocycles. The molecule has 3 fully saturated rings. The largest absolute Gasteiger partial charge is 0.361 e. The van der Waals surface area contributed by atoms with Crippen LogP contribution in [0, 0.1) is 5.92 Å². The molecule has 1 saturated carbocycles. The Morgan fingerprint density at radius 1 is 0.972 bits per heavy atom. The molecule has 0 spiro atoms. The average molecular weight is 507 g/mol. The van der Waals surface area contributed by atoms with Crippen molar-refractivity contribution in [2.75, 3.05) is 41.3 Å². The Morgan fingerprint density at radius 3 is 2.50 bits per heavy atom. The van der Waals surface area contributed by atoms with E-state index in [9.17, 15) is 0 Å². The van der Waals surface area contributed by atoms with Crippen molar-refractivity contribution >= 4 is 34.9 Å². The van der Waals surface area contributed by atoms with Gasteiger partial charge in [-0.2, -0.15) is 9.97 Å². The molecule has 6 nitrogen and oxygen atoms in total. The highest BCUT2D eigenvalue weighted by atomic mass is 32.1. The monoisotopic (exact) mass is 506 g/mol. The summed E-state index contributed by atoms with van der Waals surface area (Å²) < 4.78 is 0.